The van der Waals surface area contributed by atoms with Gasteiger partial charge in [-0.15, -0.1) is 0 Å². The maximum atomic E-state index is 13.8. The van der Waals surface area contributed by atoms with Crippen LogP contribution in [0.3, 0.4) is 0 Å². The summed E-state index contributed by atoms with van der Waals surface area (Å²) in [5.74, 6) is -1.38. The van der Waals surface area contributed by atoms with Crippen LogP contribution in [0.25, 0.3) is 0 Å². The second-order valence-corrected chi connectivity index (χ2v) is 4.80. The van der Waals surface area contributed by atoms with Crippen molar-refractivity contribution in [1.82, 2.24) is 0 Å². The van der Waals surface area contributed by atoms with Gasteiger partial charge >= 0.3 is 0 Å². The van der Waals surface area contributed by atoms with Crippen LogP contribution in [0.5, 0.6) is 0 Å². The summed E-state index contributed by atoms with van der Waals surface area (Å²) in [6.45, 7) is 0.272. The number of rotatable bonds is 4. The van der Waals surface area contributed by atoms with Crippen molar-refractivity contribution >= 4 is 11.6 Å². The quantitative estimate of drug-likeness (QED) is 0.904. The molecule has 0 saturated heterocycles. The topological polar surface area (TPSA) is 26.0 Å². The largest absolute Gasteiger partial charge is 0.330 e. The van der Waals surface area contributed by atoms with Crippen molar-refractivity contribution in [3.63, 3.8) is 0 Å². The first-order valence-corrected chi connectivity index (χ1v) is 6.38. The van der Waals surface area contributed by atoms with Crippen LogP contribution in [0.15, 0.2) is 42.5 Å². The molecule has 19 heavy (non-hydrogen) atoms. The highest BCUT2D eigenvalue weighted by Gasteiger charge is 2.16. The fourth-order valence-electron chi connectivity index (χ4n) is 2.08. The molecule has 4 heteroatoms. The molecule has 2 aromatic rings. The Bertz CT molecular complexity index is 572. The van der Waals surface area contributed by atoms with Crippen LogP contribution in [0.2, 0.25) is 5.02 Å². The smallest absolute Gasteiger partial charge is 0.129 e. The molecule has 1 unspecified atom stereocenters. The lowest BCUT2D eigenvalue weighted by Crippen LogP contribution is -2.16. The van der Waals surface area contributed by atoms with Crippen LogP contribution in [0.1, 0.15) is 17.0 Å². The molecular formula is C15H14ClF2N. The van der Waals surface area contributed by atoms with E-state index in [1.807, 2.05) is 18.2 Å². The minimum absolute atomic E-state index is 0.222. The third kappa shape index (κ3) is 3.31. The molecule has 0 aliphatic heterocycles. The first-order valence-electron chi connectivity index (χ1n) is 6.00. The van der Waals surface area contributed by atoms with Gasteiger partial charge in [0, 0.05) is 17.0 Å². The zero-order chi connectivity index (χ0) is 13.8. The van der Waals surface area contributed by atoms with Crippen molar-refractivity contribution in [3.05, 3.63) is 70.2 Å². The summed E-state index contributed by atoms with van der Waals surface area (Å²) in [7, 11) is 0. The average Bonchev–Trinajstić information content (AvgIpc) is 2.39. The highest BCUT2D eigenvalue weighted by Crippen LogP contribution is 2.26. The van der Waals surface area contributed by atoms with E-state index >= 15 is 0 Å². The maximum absolute atomic E-state index is 13.8. The van der Waals surface area contributed by atoms with E-state index in [0.717, 1.165) is 11.6 Å². The van der Waals surface area contributed by atoms with Crippen molar-refractivity contribution in [2.24, 2.45) is 5.73 Å². The van der Waals surface area contributed by atoms with Crippen LogP contribution in [0.4, 0.5) is 8.78 Å². The van der Waals surface area contributed by atoms with E-state index < -0.39 is 11.6 Å². The Balaban J connectivity index is 2.28. The summed E-state index contributed by atoms with van der Waals surface area (Å²) in [6, 6.07) is 10.9. The minimum atomic E-state index is -0.588. The van der Waals surface area contributed by atoms with Gasteiger partial charge in [0.15, 0.2) is 0 Å². The molecule has 0 heterocycles. The molecule has 2 rings (SSSR count). The van der Waals surface area contributed by atoms with Gasteiger partial charge in [0.05, 0.1) is 0 Å². The van der Waals surface area contributed by atoms with E-state index in [2.05, 4.69) is 0 Å². The molecule has 1 atom stereocenters. The molecule has 100 valence electrons. The SMILES string of the molecule is NCC(Cc1ccccc1Cl)c1ccc(F)cc1F. The first-order chi connectivity index (χ1) is 9.11. The Kier molecular flexibility index (Phi) is 4.51. The van der Waals surface area contributed by atoms with E-state index in [0.29, 0.717) is 17.0 Å². The van der Waals surface area contributed by atoms with Gasteiger partial charge in [0.2, 0.25) is 0 Å². The molecule has 1 nitrogen and oxygen atoms in total. The summed E-state index contributed by atoms with van der Waals surface area (Å²) in [6.07, 6.45) is 0.527. The molecule has 0 spiro atoms. The van der Waals surface area contributed by atoms with Gasteiger partial charge in [-0.25, -0.2) is 8.78 Å². The van der Waals surface area contributed by atoms with Gasteiger partial charge in [-0.1, -0.05) is 35.9 Å². The zero-order valence-corrected chi connectivity index (χ0v) is 11.0. The standard InChI is InChI=1S/C15H14ClF2N/c16-14-4-2-1-3-10(14)7-11(9-19)13-6-5-12(17)8-15(13)18/h1-6,8,11H,7,9,19H2. The van der Waals surface area contributed by atoms with Gasteiger partial charge in [0.25, 0.3) is 0 Å². The van der Waals surface area contributed by atoms with Gasteiger partial charge in [-0.3, -0.25) is 0 Å². The maximum Gasteiger partial charge on any atom is 0.129 e. The minimum Gasteiger partial charge on any atom is -0.330 e. The van der Waals surface area contributed by atoms with E-state index in [4.69, 9.17) is 17.3 Å². The average molecular weight is 282 g/mol. The van der Waals surface area contributed by atoms with Crippen LogP contribution >= 0.6 is 11.6 Å². The third-order valence-electron chi connectivity index (χ3n) is 3.11. The lowest BCUT2D eigenvalue weighted by Gasteiger charge is -2.17. The lowest BCUT2D eigenvalue weighted by molar-refractivity contribution is 0.551. The Morgan fingerprint density at radius 1 is 1.11 bits per heavy atom. The molecule has 0 aliphatic rings. The van der Waals surface area contributed by atoms with Crippen molar-refractivity contribution in [1.29, 1.82) is 0 Å². The summed E-state index contributed by atoms with van der Waals surface area (Å²) in [5.41, 5.74) is 7.03. The molecule has 0 saturated carbocycles. The molecule has 2 aromatic carbocycles. The Hall–Kier alpha value is -1.45. The van der Waals surface area contributed by atoms with Crippen LogP contribution in [-0.2, 0) is 6.42 Å². The Morgan fingerprint density at radius 2 is 1.84 bits per heavy atom. The first kappa shape index (κ1) is 14.0. The number of nitrogens with two attached hydrogens (primary N) is 1. The van der Waals surface area contributed by atoms with Crippen LogP contribution < -0.4 is 5.73 Å². The Morgan fingerprint density at radius 3 is 2.47 bits per heavy atom. The molecule has 2 N–H and O–H groups in total. The van der Waals surface area contributed by atoms with E-state index in [1.54, 1.807) is 6.07 Å². The van der Waals surface area contributed by atoms with Crippen molar-refractivity contribution in [3.8, 4) is 0 Å². The molecule has 0 radical (unpaired) electrons. The van der Waals surface area contributed by atoms with E-state index in [1.165, 1.54) is 12.1 Å². The van der Waals surface area contributed by atoms with Crippen molar-refractivity contribution in [2.75, 3.05) is 6.54 Å². The second kappa shape index (κ2) is 6.13. The monoisotopic (exact) mass is 281 g/mol. The molecule has 0 fully saturated rings. The highest BCUT2D eigenvalue weighted by atomic mass is 35.5. The third-order valence-corrected chi connectivity index (χ3v) is 3.48. The zero-order valence-electron chi connectivity index (χ0n) is 10.2. The van der Waals surface area contributed by atoms with Crippen LogP contribution in [0, 0.1) is 11.6 Å². The predicted octanol–water partition coefficient (Wildman–Crippen LogP) is 3.90. The second-order valence-electron chi connectivity index (χ2n) is 4.39. The van der Waals surface area contributed by atoms with Crippen molar-refractivity contribution in [2.45, 2.75) is 12.3 Å². The van der Waals surface area contributed by atoms with E-state index in [-0.39, 0.29) is 12.5 Å². The summed E-state index contributed by atoms with van der Waals surface area (Å²) in [5, 5.41) is 0.628. The summed E-state index contributed by atoms with van der Waals surface area (Å²) >= 11 is 6.08. The normalized spacial score (nSPS) is 12.4. The molecule has 0 bridgehead atoms. The van der Waals surface area contributed by atoms with E-state index in [9.17, 15) is 8.78 Å². The molecule has 0 aromatic heterocycles. The number of hydrogen-bond donors (Lipinski definition) is 1. The summed E-state index contributed by atoms with van der Waals surface area (Å²) < 4.78 is 26.7. The van der Waals surface area contributed by atoms with Crippen LogP contribution in [-0.4, -0.2) is 6.54 Å². The highest BCUT2D eigenvalue weighted by molar-refractivity contribution is 6.31. The molecule has 0 amide bonds. The predicted molar refractivity (Wildman–Crippen MR) is 73.3 cm³/mol. The molecular weight excluding hydrogens is 268 g/mol. The number of halogens is 3. The van der Waals surface area contributed by atoms with Gasteiger partial charge in [-0.05, 0) is 36.2 Å². The van der Waals surface area contributed by atoms with Gasteiger partial charge in [-0.2, -0.15) is 0 Å². The molecule has 0 aliphatic carbocycles. The number of hydrogen-bond acceptors (Lipinski definition) is 1. The fraction of sp³-hybridized carbons (Fsp3) is 0.200. The lowest BCUT2D eigenvalue weighted by atomic mass is 9.91. The van der Waals surface area contributed by atoms with Gasteiger partial charge in [0.1, 0.15) is 11.6 Å². The van der Waals surface area contributed by atoms with Gasteiger partial charge < -0.3 is 5.73 Å². The Labute approximate surface area is 116 Å². The fourth-order valence-corrected chi connectivity index (χ4v) is 2.30. The number of benzene rings is 2. The summed E-state index contributed by atoms with van der Waals surface area (Å²) in [4.78, 5) is 0. The van der Waals surface area contributed by atoms with Crippen molar-refractivity contribution < 1.29 is 8.78 Å².